The predicted octanol–water partition coefficient (Wildman–Crippen LogP) is 3.28. The molecule has 2 aromatic rings. The van der Waals surface area contributed by atoms with Gasteiger partial charge >= 0.3 is 0 Å². The summed E-state index contributed by atoms with van der Waals surface area (Å²) in [7, 11) is 0. The normalized spacial score (nSPS) is 9.88. The first kappa shape index (κ1) is 11.6. The lowest BCUT2D eigenvalue weighted by Crippen LogP contribution is -2.03. The quantitative estimate of drug-likeness (QED) is 0.840. The van der Waals surface area contributed by atoms with Crippen molar-refractivity contribution >= 4 is 17.3 Å². The molecule has 0 bridgehead atoms. The Balaban J connectivity index is 2.01. The van der Waals surface area contributed by atoms with Crippen LogP contribution in [0.15, 0.2) is 54.6 Å². The number of aromatic hydroxyl groups is 1. The van der Waals surface area contributed by atoms with E-state index in [1.54, 1.807) is 18.2 Å². The summed E-state index contributed by atoms with van der Waals surface area (Å²) in [6, 6.07) is 16.7. The highest BCUT2D eigenvalue weighted by Crippen LogP contribution is 2.18. The largest absolute Gasteiger partial charge is 0.507 e. The van der Waals surface area contributed by atoms with Crippen LogP contribution in [0.2, 0.25) is 0 Å². The molecule has 0 aliphatic carbocycles. The van der Waals surface area contributed by atoms with Crippen molar-refractivity contribution in [3.63, 3.8) is 0 Å². The van der Waals surface area contributed by atoms with Gasteiger partial charge in [0.1, 0.15) is 12.4 Å². The monoisotopic (exact) mass is 244 g/mol. The van der Waals surface area contributed by atoms with E-state index in [0.717, 1.165) is 5.56 Å². The topological polar surface area (TPSA) is 29.5 Å². The van der Waals surface area contributed by atoms with E-state index in [1.165, 1.54) is 0 Å². The number of phenolic OH excluding ortho intramolecular Hbond substituents is 1. The van der Waals surface area contributed by atoms with Crippen LogP contribution in [0.25, 0.3) is 0 Å². The molecule has 1 N–H and O–H groups in total. The van der Waals surface area contributed by atoms with E-state index in [4.69, 9.17) is 17.0 Å². The Morgan fingerprint density at radius 2 is 1.65 bits per heavy atom. The number of ether oxygens (including phenoxy) is 1. The van der Waals surface area contributed by atoms with Crippen LogP contribution < -0.4 is 0 Å². The molecule has 0 aromatic heterocycles. The lowest BCUT2D eigenvalue weighted by Gasteiger charge is -2.08. The van der Waals surface area contributed by atoms with E-state index in [-0.39, 0.29) is 5.75 Å². The van der Waals surface area contributed by atoms with Crippen molar-refractivity contribution in [2.24, 2.45) is 0 Å². The van der Waals surface area contributed by atoms with Crippen LogP contribution in [0.3, 0.4) is 0 Å². The predicted molar refractivity (Wildman–Crippen MR) is 71.0 cm³/mol. The Morgan fingerprint density at radius 3 is 2.35 bits per heavy atom. The maximum Gasteiger partial charge on any atom is 0.195 e. The van der Waals surface area contributed by atoms with E-state index in [2.05, 4.69) is 0 Å². The van der Waals surface area contributed by atoms with Crippen molar-refractivity contribution in [3.8, 4) is 5.75 Å². The second-order valence-corrected chi connectivity index (χ2v) is 3.95. The Hall–Kier alpha value is -1.87. The standard InChI is InChI=1S/C14H12O2S/c15-13-9-5-4-8-12(13)14(17)16-10-11-6-2-1-3-7-11/h1-9,15H,10H2. The molecule has 0 atom stereocenters. The van der Waals surface area contributed by atoms with Gasteiger partial charge in [0.25, 0.3) is 0 Å². The van der Waals surface area contributed by atoms with Crippen molar-refractivity contribution in [2.45, 2.75) is 6.61 Å². The highest BCUT2D eigenvalue weighted by Gasteiger charge is 2.07. The summed E-state index contributed by atoms with van der Waals surface area (Å²) in [6.07, 6.45) is 0. The number of hydrogen-bond acceptors (Lipinski definition) is 3. The molecule has 0 heterocycles. The summed E-state index contributed by atoms with van der Waals surface area (Å²) in [6.45, 7) is 0.411. The summed E-state index contributed by atoms with van der Waals surface area (Å²) in [5.74, 6) is 0.144. The fraction of sp³-hybridized carbons (Fsp3) is 0.0714. The van der Waals surface area contributed by atoms with Crippen molar-refractivity contribution in [3.05, 3.63) is 65.7 Å². The molecule has 0 aliphatic rings. The maximum atomic E-state index is 9.61. The molecule has 2 rings (SSSR count). The van der Waals surface area contributed by atoms with Crippen molar-refractivity contribution in [1.82, 2.24) is 0 Å². The average Bonchev–Trinajstić information content (AvgIpc) is 2.38. The van der Waals surface area contributed by atoms with Gasteiger partial charge in [-0.05, 0) is 29.9 Å². The minimum absolute atomic E-state index is 0.144. The van der Waals surface area contributed by atoms with Gasteiger partial charge in [0.2, 0.25) is 0 Å². The molecule has 0 spiro atoms. The minimum atomic E-state index is 0.144. The molecule has 0 aliphatic heterocycles. The maximum absolute atomic E-state index is 9.61. The lowest BCUT2D eigenvalue weighted by atomic mass is 10.2. The molecule has 0 amide bonds. The molecule has 0 radical (unpaired) electrons. The van der Waals surface area contributed by atoms with Gasteiger partial charge in [-0.25, -0.2) is 0 Å². The number of thiocarbonyl (C=S) groups is 1. The summed E-state index contributed by atoms with van der Waals surface area (Å²) in [5, 5.41) is 9.92. The smallest absolute Gasteiger partial charge is 0.195 e. The van der Waals surface area contributed by atoms with Crippen LogP contribution in [-0.2, 0) is 11.3 Å². The van der Waals surface area contributed by atoms with Gasteiger partial charge in [0.05, 0.1) is 5.56 Å². The van der Waals surface area contributed by atoms with Gasteiger partial charge in [0.15, 0.2) is 5.05 Å². The molecular weight excluding hydrogens is 232 g/mol. The molecule has 17 heavy (non-hydrogen) atoms. The molecule has 0 unspecified atom stereocenters. The first-order valence-electron chi connectivity index (χ1n) is 5.26. The van der Waals surface area contributed by atoms with Crippen molar-refractivity contribution < 1.29 is 9.84 Å². The molecule has 86 valence electrons. The zero-order valence-corrected chi connectivity index (χ0v) is 9.98. The van der Waals surface area contributed by atoms with Gasteiger partial charge in [-0.1, -0.05) is 42.5 Å². The van der Waals surface area contributed by atoms with Crippen LogP contribution in [0, 0.1) is 0 Å². The Morgan fingerprint density at radius 1 is 1.00 bits per heavy atom. The Labute approximate surface area is 105 Å². The van der Waals surface area contributed by atoms with E-state index in [9.17, 15) is 5.11 Å². The third-order valence-corrected chi connectivity index (χ3v) is 2.67. The number of rotatable bonds is 3. The number of hydrogen-bond donors (Lipinski definition) is 1. The van der Waals surface area contributed by atoms with Crippen LogP contribution in [0.5, 0.6) is 5.75 Å². The number of benzene rings is 2. The van der Waals surface area contributed by atoms with E-state index in [0.29, 0.717) is 17.2 Å². The van der Waals surface area contributed by atoms with E-state index >= 15 is 0 Å². The van der Waals surface area contributed by atoms with Crippen LogP contribution in [0.1, 0.15) is 11.1 Å². The first-order chi connectivity index (χ1) is 8.27. The SMILES string of the molecule is Oc1ccccc1C(=S)OCc1ccccc1. The third kappa shape index (κ3) is 3.04. The third-order valence-electron chi connectivity index (χ3n) is 2.34. The molecule has 2 nitrogen and oxygen atoms in total. The van der Waals surface area contributed by atoms with Gasteiger partial charge < -0.3 is 9.84 Å². The van der Waals surface area contributed by atoms with Gasteiger partial charge in [0, 0.05) is 0 Å². The zero-order valence-electron chi connectivity index (χ0n) is 9.17. The molecule has 0 fully saturated rings. The van der Waals surface area contributed by atoms with Crippen LogP contribution >= 0.6 is 12.2 Å². The van der Waals surface area contributed by atoms with Gasteiger partial charge in [-0.3, -0.25) is 0 Å². The van der Waals surface area contributed by atoms with Crippen molar-refractivity contribution in [2.75, 3.05) is 0 Å². The van der Waals surface area contributed by atoms with Gasteiger partial charge in [-0.15, -0.1) is 0 Å². The Kier molecular flexibility index (Phi) is 3.73. The summed E-state index contributed by atoms with van der Waals surface area (Å²) in [4.78, 5) is 0. The minimum Gasteiger partial charge on any atom is -0.507 e. The number of para-hydroxylation sites is 1. The summed E-state index contributed by atoms with van der Waals surface area (Å²) in [5.41, 5.74) is 1.60. The second kappa shape index (κ2) is 5.46. The molecule has 2 aromatic carbocycles. The molecule has 3 heteroatoms. The highest BCUT2D eigenvalue weighted by molar-refractivity contribution is 7.80. The Bertz CT molecular complexity index is 509. The average molecular weight is 244 g/mol. The van der Waals surface area contributed by atoms with Crippen molar-refractivity contribution in [1.29, 1.82) is 0 Å². The first-order valence-corrected chi connectivity index (χ1v) is 5.67. The highest BCUT2D eigenvalue weighted by atomic mass is 32.1. The van der Waals surface area contributed by atoms with Crippen LogP contribution in [-0.4, -0.2) is 10.2 Å². The zero-order chi connectivity index (χ0) is 12.1. The second-order valence-electron chi connectivity index (χ2n) is 3.58. The van der Waals surface area contributed by atoms with E-state index < -0.39 is 0 Å². The number of phenols is 1. The van der Waals surface area contributed by atoms with Crippen LogP contribution in [0.4, 0.5) is 0 Å². The fourth-order valence-corrected chi connectivity index (χ4v) is 1.68. The molecule has 0 saturated heterocycles. The van der Waals surface area contributed by atoms with Gasteiger partial charge in [-0.2, -0.15) is 0 Å². The summed E-state index contributed by atoms with van der Waals surface area (Å²) < 4.78 is 5.47. The molecule has 0 saturated carbocycles. The summed E-state index contributed by atoms with van der Waals surface area (Å²) >= 11 is 5.12. The fourth-order valence-electron chi connectivity index (χ4n) is 1.45. The molecular formula is C14H12O2S. The lowest BCUT2D eigenvalue weighted by molar-refractivity contribution is 0.301. The van der Waals surface area contributed by atoms with E-state index in [1.807, 2.05) is 36.4 Å².